The van der Waals surface area contributed by atoms with Gasteiger partial charge < -0.3 is 15.2 Å². The summed E-state index contributed by atoms with van der Waals surface area (Å²) >= 11 is 0. The number of halogens is 3. The zero-order valence-electron chi connectivity index (χ0n) is 14.9. The first-order chi connectivity index (χ1) is 13.6. The molecule has 1 aromatic carbocycles. The number of aromatic nitrogens is 1. The first-order valence-corrected chi connectivity index (χ1v) is 9.76. The Balaban J connectivity index is 2.00. The summed E-state index contributed by atoms with van der Waals surface area (Å²) in [6.07, 6.45) is -2.95. The highest BCUT2D eigenvalue weighted by Crippen LogP contribution is 2.21. The van der Waals surface area contributed by atoms with E-state index in [1.165, 1.54) is 12.1 Å². The molecule has 0 aliphatic carbocycles. The van der Waals surface area contributed by atoms with Crippen LogP contribution in [0.25, 0.3) is 0 Å². The largest absolute Gasteiger partial charge is 0.484 e. The second-order valence-corrected chi connectivity index (χ2v) is 7.43. The van der Waals surface area contributed by atoms with Crippen molar-refractivity contribution in [1.29, 1.82) is 0 Å². The van der Waals surface area contributed by atoms with Gasteiger partial charge in [0, 0.05) is 13.2 Å². The highest BCUT2D eigenvalue weighted by molar-refractivity contribution is 7.92. The lowest BCUT2D eigenvalue weighted by Gasteiger charge is -2.11. The minimum Gasteiger partial charge on any atom is -0.484 e. The van der Waals surface area contributed by atoms with E-state index in [0.717, 1.165) is 30.5 Å². The van der Waals surface area contributed by atoms with Gasteiger partial charge in [0.05, 0.1) is 16.8 Å². The fourth-order valence-electron chi connectivity index (χ4n) is 2.05. The van der Waals surface area contributed by atoms with E-state index in [1.54, 1.807) is 0 Å². The molecule has 12 heteroatoms. The number of nitrogens with one attached hydrogen (secondary N) is 2. The molecule has 2 aromatic rings. The third-order valence-corrected chi connectivity index (χ3v) is 4.80. The van der Waals surface area contributed by atoms with Crippen LogP contribution in [0.3, 0.4) is 0 Å². The van der Waals surface area contributed by atoms with Crippen molar-refractivity contribution >= 4 is 21.6 Å². The number of rotatable bonds is 9. The number of aliphatic hydroxyl groups is 1. The molecule has 29 heavy (non-hydrogen) atoms. The molecule has 0 aliphatic rings. The Morgan fingerprint density at radius 2 is 1.83 bits per heavy atom. The average Bonchev–Trinajstić information content (AvgIpc) is 2.66. The molecule has 8 nitrogen and oxygen atoms in total. The summed E-state index contributed by atoms with van der Waals surface area (Å²) in [7, 11) is -4.02. The Hall–Kier alpha value is -2.86. The molecule has 1 amide bonds. The smallest absolute Gasteiger partial charge is 0.422 e. The Kier molecular flexibility index (Phi) is 7.40. The third kappa shape index (κ3) is 7.23. The van der Waals surface area contributed by atoms with Crippen molar-refractivity contribution in [2.45, 2.75) is 17.5 Å². The number of carbonyl (C=O) groups excluding carboxylic acids is 1. The number of pyridine rings is 1. The maximum atomic E-state index is 12.4. The van der Waals surface area contributed by atoms with Crippen LogP contribution in [0.2, 0.25) is 0 Å². The summed E-state index contributed by atoms with van der Waals surface area (Å²) in [5, 5.41) is 11.2. The lowest BCUT2D eigenvalue weighted by atomic mass is 10.3. The predicted octanol–water partition coefficient (Wildman–Crippen LogP) is 1.94. The molecule has 0 atom stereocenters. The second-order valence-electron chi connectivity index (χ2n) is 5.75. The Morgan fingerprint density at radius 3 is 2.38 bits per heavy atom. The van der Waals surface area contributed by atoms with Crippen molar-refractivity contribution in [3.05, 3.63) is 48.3 Å². The van der Waals surface area contributed by atoms with E-state index in [0.29, 0.717) is 6.42 Å². The molecule has 2 rings (SSSR count). The summed E-state index contributed by atoms with van der Waals surface area (Å²) < 4.78 is 67.9. The summed E-state index contributed by atoms with van der Waals surface area (Å²) in [5.41, 5.74) is 0.159. The van der Waals surface area contributed by atoms with Gasteiger partial charge in [0.25, 0.3) is 15.9 Å². The van der Waals surface area contributed by atoms with Crippen LogP contribution in [0.5, 0.6) is 5.75 Å². The molecular weight excluding hydrogens is 415 g/mol. The highest BCUT2D eigenvalue weighted by Gasteiger charge is 2.28. The Labute approximate surface area is 164 Å². The van der Waals surface area contributed by atoms with Gasteiger partial charge in [-0.1, -0.05) is 0 Å². The molecule has 0 fully saturated rings. The number of amides is 1. The quantitative estimate of drug-likeness (QED) is 0.521. The van der Waals surface area contributed by atoms with Crippen LogP contribution in [-0.4, -0.2) is 50.4 Å². The van der Waals surface area contributed by atoms with Crippen LogP contribution in [0, 0.1) is 0 Å². The van der Waals surface area contributed by atoms with E-state index in [2.05, 4.69) is 19.8 Å². The van der Waals surface area contributed by atoms with Gasteiger partial charge in [0.15, 0.2) is 6.61 Å². The maximum absolute atomic E-state index is 12.4. The fraction of sp³-hybridized carbons (Fsp3) is 0.294. The van der Waals surface area contributed by atoms with Crippen LogP contribution in [0.15, 0.2) is 47.5 Å². The van der Waals surface area contributed by atoms with Crippen molar-refractivity contribution in [2.75, 3.05) is 24.5 Å². The van der Waals surface area contributed by atoms with E-state index in [9.17, 15) is 26.4 Å². The second kappa shape index (κ2) is 9.56. The molecule has 0 aliphatic heterocycles. The van der Waals surface area contributed by atoms with Gasteiger partial charge in [-0.05, 0) is 42.8 Å². The van der Waals surface area contributed by atoms with Gasteiger partial charge in [-0.25, -0.2) is 13.4 Å². The number of hydrogen-bond acceptors (Lipinski definition) is 6. The molecule has 0 spiro atoms. The lowest BCUT2D eigenvalue weighted by molar-refractivity contribution is -0.153. The number of hydrogen-bond donors (Lipinski definition) is 3. The SMILES string of the molecule is O=C(NCCCO)c1ccc(NS(=O)(=O)c2ccc(OCC(F)(F)F)cc2)cn1. The molecule has 0 radical (unpaired) electrons. The van der Waals surface area contributed by atoms with Crippen molar-refractivity contribution in [2.24, 2.45) is 0 Å². The first kappa shape index (κ1) is 22.4. The lowest BCUT2D eigenvalue weighted by Crippen LogP contribution is -2.25. The van der Waals surface area contributed by atoms with Crippen LogP contribution >= 0.6 is 0 Å². The molecule has 3 N–H and O–H groups in total. The van der Waals surface area contributed by atoms with Crippen LogP contribution in [0.1, 0.15) is 16.9 Å². The van der Waals surface area contributed by atoms with E-state index in [4.69, 9.17) is 5.11 Å². The molecule has 1 heterocycles. The van der Waals surface area contributed by atoms with Gasteiger partial charge in [0.1, 0.15) is 11.4 Å². The van der Waals surface area contributed by atoms with E-state index >= 15 is 0 Å². The topological polar surface area (TPSA) is 118 Å². The van der Waals surface area contributed by atoms with Gasteiger partial charge in [0.2, 0.25) is 0 Å². The zero-order chi connectivity index (χ0) is 21.5. The highest BCUT2D eigenvalue weighted by atomic mass is 32.2. The number of alkyl halides is 3. The first-order valence-electron chi connectivity index (χ1n) is 8.28. The molecule has 158 valence electrons. The Morgan fingerprint density at radius 1 is 1.14 bits per heavy atom. The van der Waals surface area contributed by atoms with Crippen LogP contribution in [0.4, 0.5) is 18.9 Å². The molecule has 0 unspecified atom stereocenters. The molecule has 0 saturated heterocycles. The van der Waals surface area contributed by atoms with Crippen LogP contribution in [-0.2, 0) is 10.0 Å². The zero-order valence-corrected chi connectivity index (χ0v) is 15.8. The van der Waals surface area contributed by atoms with Crippen molar-refractivity contribution in [1.82, 2.24) is 10.3 Å². The predicted molar refractivity (Wildman–Crippen MR) is 97.1 cm³/mol. The normalized spacial score (nSPS) is 11.7. The maximum Gasteiger partial charge on any atom is 0.422 e. The number of carbonyl (C=O) groups is 1. The number of anilines is 1. The monoisotopic (exact) mass is 433 g/mol. The van der Waals surface area contributed by atoms with Crippen molar-refractivity contribution in [3.8, 4) is 5.75 Å². The Bertz CT molecular complexity index is 917. The standard InChI is InChI=1S/C17H18F3N3O5S/c18-17(19,20)11-28-13-3-5-14(6-4-13)29(26,27)23-12-2-7-15(22-10-12)16(25)21-8-1-9-24/h2-7,10,23-24H,1,8-9,11H2,(H,21,25). The number of aliphatic hydroxyl groups excluding tert-OH is 1. The van der Waals surface area contributed by atoms with Gasteiger partial charge in [-0.3, -0.25) is 9.52 Å². The minimum absolute atomic E-state index is 0.0656. The van der Waals surface area contributed by atoms with E-state index in [-0.39, 0.29) is 35.2 Å². The summed E-state index contributed by atoms with van der Waals surface area (Å²) in [6, 6.07) is 7.08. The number of nitrogens with zero attached hydrogens (tertiary/aromatic N) is 1. The van der Waals surface area contributed by atoms with Crippen molar-refractivity contribution in [3.63, 3.8) is 0 Å². The van der Waals surface area contributed by atoms with Gasteiger partial charge in [-0.15, -0.1) is 0 Å². The average molecular weight is 433 g/mol. The summed E-state index contributed by atoms with van der Waals surface area (Å²) in [5.74, 6) is -0.596. The number of sulfonamides is 1. The summed E-state index contributed by atoms with van der Waals surface area (Å²) in [4.78, 5) is 15.5. The number of benzene rings is 1. The van der Waals surface area contributed by atoms with Gasteiger partial charge >= 0.3 is 6.18 Å². The number of ether oxygens (including phenoxy) is 1. The third-order valence-electron chi connectivity index (χ3n) is 3.41. The summed E-state index contributed by atoms with van der Waals surface area (Å²) in [6.45, 7) is -1.28. The van der Waals surface area contributed by atoms with Crippen LogP contribution < -0.4 is 14.8 Å². The van der Waals surface area contributed by atoms with E-state index in [1.807, 2.05) is 0 Å². The molecule has 0 bridgehead atoms. The van der Waals surface area contributed by atoms with Crippen molar-refractivity contribution < 1.29 is 36.2 Å². The van der Waals surface area contributed by atoms with E-state index < -0.39 is 28.7 Å². The molecule has 1 aromatic heterocycles. The molecule has 0 saturated carbocycles. The minimum atomic E-state index is -4.50. The fourth-order valence-corrected chi connectivity index (χ4v) is 3.10. The molecular formula is C17H18F3N3O5S. The van der Waals surface area contributed by atoms with Gasteiger partial charge in [-0.2, -0.15) is 13.2 Å².